The van der Waals surface area contributed by atoms with Gasteiger partial charge in [-0.05, 0) is 36.6 Å². The number of nitrogen functional groups attached to an aromatic ring is 2. The minimum Gasteiger partial charge on any atom is -0.381 e. The van der Waals surface area contributed by atoms with Crippen LogP contribution in [0.15, 0.2) is 36.4 Å². The second-order valence-corrected chi connectivity index (χ2v) is 4.93. The van der Waals surface area contributed by atoms with Crippen molar-refractivity contribution in [2.45, 2.75) is 13.8 Å². The third-order valence-corrected chi connectivity index (χ3v) is 3.50. The zero-order chi connectivity index (χ0) is 14.3. The van der Waals surface area contributed by atoms with Crippen LogP contribution in [0.4, 0.5) is 11.6 Å². The van der Waals surface area contributed by atoms with Crippen molar-refractivity contribution in [1.82, 2.24) is 9.97 Å². The van der Waals surface area contributed by atoms with E-state index in [1.807, 2.05) is 18.2 Å². The Balaban J connectivity index is 2.40. The molecule has 0 unspecified atom stereocenters. The summed E-state index contributed by atoms with van der Waals surface area (Å²) in [7, 11) is 0. The van der Waals surface area contributed by atoms with Gasteiger partial charge in [-0.2, -0.15) is 0 Å². The van der Waals surface area contributed by atoms with E-state index in [2.05, 4.69) is 42.0 Å². The smallest absolute Gasteiger partial charge is 0.166 e. The number of aryl methyl sites for hydroxylation is 2. The molecule has 0 amide bonds. The third kappa shape index (κ3) is 1.86. The first-order valence-corrected chi connectivity index (χ1v) is 6.46. The molecule has 4 nitrogen and oxygen atoms in total. The molecule has 0 atom stereocenters. The van der Waals surface area contributed by atoms with Crippen LogP contribution in [0.3, 0.4) is 0 Å². The third-order valence-electron chi connectivity index (χ3n) is 3.50. The lowest BCUT2D eigenvalue weighted by molar-refractivity contribution is 1.30. The van der Waals surface area contributed by atoms with Gasteiger partial charge in [-0.15, -0.1) is 0 Å². The minimum absolute atomic E-state index is 0.274. The molecule has 0 aliphatic rings. The Morgan fingerprint density at radius 3 is 2.10 bits per heavy atom. The zero-order valence-electron chi connectivity index (χ0n) is 11.5. The van der Waals surface area contributed by atoms with Crippen LogP contribution in [0.5, 0.6) is 0 Å². The number of hydrogen-bond donors (Lipinski definition) is 2. The fourth-order valence-electron chi connectivity index (χ4n) is 2.54. The largest absolute Gasteiger partial charge is 0.381 e. The van der Waals surface area contributed by atoms with E-state index in [0.717, 1.165) is 16.6 Å². The number of para-hydroxylation sites is 1. The first-order chi connectivity index (χ1) is 9.58. The Morgan fingerprint density at radius 1 is 0.800 bits per heavy atom. The summed E-state index contributed by atoms with van der Waals surface area (Å²) in [6.07, 6.45) is 0. The first kappa shape index (κ1) is 12.4. The van der Waals surface area contributed by atoms with E-state index < -0.39 is 0 Å². The highest BCUT2D eigenvalue weighted by Crippen LogP contribution is 2.32. The average molecular weight is 264 g/mol. The van der Waals surface area contributed by atoms with E-state index in [0.29, 0.717) is 0 Å². The van der Waals surface area contributed by atoms with Gasteiger partial charge in [-0.1, -0.05) is 30.3 Å². The summed E-state index contributed by atoms with van der Waals surface area (Å²) in [6, 6.07) is 12.1. The van der Waals surface area contributed by atoms with E-state index in [-0.39, 0.29) is 11.6 Å². The van der Waals surface area contributed by atoms with E-state index in [4.69, 9.17) is 11.5 Å². The summed E-state index contributed by atoms with van der Waals surface area (Å²) in [5.74, 6) is 0.548. The fraction of sp³-hybridized carbons (Fsp3) is 0.125. The van der Waals surface area contributed by atoms with Crippen molar-refractivity contribution >= 4 is 22.7 Å². The maximum absolute atomic E-state index is 5.81. The zero-order valence-corrected chi connectivity index (χ0v) is 11.5. The quantitative estimate of drug-likeness (QED) is 0.708. The number of nitrogens with zero attached hydrogens (tertiary/aromatic N) is 2. The Labute approximate surface area is 117 Å². The Bertz CT molecular complexity index is 789. The van der Waals surface area contributed by atoms with Gasteiger partial charge >= 0.3 is 0 Å². The molecule has 1 heterocycles. The fourth-order valence-corrected chi connectivity index (χ4v) is 2.54. The monoisotopic (exact) mass is 264 g/mol. The highest BCUT2D eigenvalue weighted by Gasteiger charge is 2.12. The molecule has 0 radical (unpaired) electrons. The predicted octanol–water partition coefficient (Wildman–Crippen LogP) is 3.08. The molecule has 0 bridgehead atoms. The maximum Gasteiger partial charge on any atom is 0.166 e. The lowest BCUT2D eigenvalue weighted by Gasteiger charge is -2.12. The molecular formula is C16H16N4. The van der Waals surface area contributed by atoms with Crippen LogP contribution in [0, 0.1) is 13.8 Å². The summed E-state index contributed by atoms with van der Waals surface area (Å²) in [6.45, 7) is 4.19. The Kier molecular flexibility index (Phi) is 2.79. The SMILES string of the molecule is Cc1cccc(C)c1-c1cccc2nc(N)c(N)nc12. The molecule has 4 heteroatoms. The number of aromatic nitrogens is 2. The first-order valence-electron chi connectivity index (χ1n) is 6.46. The maximum atomic E-state index is 5.81. The van der Waals surface area contributed by atoms with Crippen molar-refractivity contribution in [3.63, 3.8) is 0 Å². The van der Waals surface area contributed by atoms with Crippen molar-refractivity contribution in [3.8, 4) is 11.1 Å². The van der Waals surface area contributed by atoms with Crippen molar-refractivity contribution in [2.75, 3.05) is 11.5 Å². The number of nitrogens with two attached hydrogens (primary N) is 2. The number of hydrogen-bond acceptors (Lipinski definition) is 4. The molecule has 3 aromatic rings. The van der Waals surface area contributed by atoms with Crippen LogP contribution in [-0.2, 0) is 0 Å². The number of anilines is 2. The summed E-state index contributed by atoms with van der Waals surface area (Å²) in [5, 5.41) is 0. The summed E-state index contributed by atoms with van der Waals surface area (Å²) >= 11 is 0. The van der Waals surface area contributed by atoms with Crippen LogP contribution < -0.4 is 11.5 Å². The summed E-state index contributed by atoms with van der Waals surface area (Å²) < 4.78 is 0. The van der Waals surface area contributed by atoms with Gasteiger partial charge in [0.05, 0.1) is 11.0 Å². The molecule has 0 saturated heterocycles. The molecule has 0 fully saturated rings. The molecule has 1 aromatic heterocycles. The molecule has 0 saturated carbocycles. The van der Waals surface area contributed by atoms with Gasteiger partial charge in [0, 0.05) is 5.56 Å². The highest BCUT2D eigenvalue weighted by atomic mass is 15.0. The molecule has 0 aliphatic carbocycles. The molecule has 20 heavy (non-hydrogen) atoms. The van der Waals surface area contributed by atoms with Crippen LogP contribution in [0.25, 0.3) is 22.2 Å². The molecule has 3 rings (SSSR count). The molecule has 100 valence electrons. The Morgan fingerprint density at radius 2 is 1.40 bits per heavy atom. The summed E-state index contributed by atoms with van der Waals surface area (Å²) in [5.41, 5.74) is 17.7. The van der Waals surface area contributed by atoms with Gasteiger partial charge in [0.25, 0.3) is 0 Å². The molecule has 0 spiro atoms. The average Bonchev–Trinajstić information content (AvgIpc) is 2.40. The van der Waals surface area contributed by atoms with E-state index in [1.54, 1.807) is 0 Å². The van der Waals surface area contributed by atoms with Crippen molar-refractivity contribution < 1.29 is 0 Å². The van der Waals surface area contributed by atoms with Gasteiger partial charge in [0.2, 0.25) is 0 Å². The van der Waals surface area contributed by atoms with E-state index in [9.17, 15) is 0 Å². The predicted molar refractivity (Wildman–Crippen MR) is 83.3 cm³/mol. The van der Waals surface area contributed by atoms with Gasteiger partial charge < -0.3 is 11.5 Å². The molecule has 0 aliphatic heterocycles. The van der Waals surface area contributed by atoms with Crippen LogP contribution in [0.2, 0.25) is 0 Å². The standard InChI is InChI=1S/C16H16N4/c1-9-5-3-6-10(2)13(9)11-7-4-8-12-14(11)20-16(18)15(17)19-12/h3-8H,1-2H3,(H2,17,19)(H2,18,20). The number of fused-ring (bicyclic) bond motifs is 1. The van der Waals surface area contributed by atoms with Crippen LogP contribution in [0.1, 0.15) is 11.1 Å². The molecule has 4 N–H and O–H groups in total. The summed E-state index contributed by atoms with van der Waals surface area (Å²) in [4.78, 5) is 8.73. The second kappa shape index (κ2) is 4.49. The van der Waals surface area contributed by atoms with Gasteiger partial charge in [-0.3, -0.25) is 0 Å². The van der Waals surface area contributed by atoms with Gasteiger partial charge in [0.1, 0.15) is 0 Å². The van der Waals surface area contributed by atoms with E-state index in [1.165, 1.54) is 16.7 Å². The van der Waals surface area contributed by atoms with Gasteiger partial charge in [0.15, 0.2) is 11.6 Å². The lowest BCUT2D eigenvalue weighted by Crippen LogP contribution is -2.02. The normalized spacial score (nSPS) is 10.9. The highest BCUT2D eigenvalue weighted by molar-refractivity contribution is 5.94. The number of rotatable bonds is 1. The van der Waals surface area contributed by atoms with Crippen LogP contribution >= 0.6 is 0 Å². The minimum atomic E-state index is 0.274. The van der Waals surface area contributed by atoms with Crippen LogP contribution in [-0.4, -0.2) is 9.97 Å². The van der Waals surface area contributed by atoms with E-state index >= 15 is 0 Å². The lowest BCUT2D eigenvalue weighted by atomic mass is 9.95. The van der Waals surface area contributed by atoms with Crippen molar-refractivity contribution in [2.24, 2.45) is 0 Å². The van der Waals surface area contributed by atoms with Gasteiger partial charge in [-0.25, -0.2) is 9.97 Å². The van der Waals surface area contributed by atoms with Crippen molar-refractivity contribution in [1.29, 1.82) is 0 Å². The Hall–Kier alpha value is -2.62. The topological polar surface area (TPSA) is 77.8 Å². The molecule has 2 aromatic carbocycles. The molecular weight excluding hydrogens is 248 g/mol. The number of benzene rings is 2. The second-order valence-electron chi connectivity index (χ2n) is 4.93. The van der Waals surface area contributed by atoms with Crippen molar-refractivity contribution in [3.05, 3.63) is 47.5 Å².